The van der Waals surface area contributed by atoms with Crippen LogP contribution in [0, 0.1) is 5.82 Å². The van der Waals surface area contributed by atoms with Gasteiger partial charge >= 0.3 is 0 Å². The standard InChI is InChI=1S/C19H23FN4O/c20-16-10-6-5-7-14(16)11-22-18-13-21-17(12-23-18)19(25)24-15-8-3-1-2-4-9-15/h5-7,10,12-13,15H,1-4,8-9,11H2,(H,22,23)(H,24,25). The zero-order valence-corrected chi connectivity index (χ0v) is 14.2. The summed E-state index contributed by atoms with van der Waals surface area (Å²) in [6.07, 6.45) is 9.83. The third-order valence-electron chi connectivity index (χ3n) is 4.49. The van der Waals surface area contributed by atoms with Crippen LogP contribution in [0.15, 0.2) is 36.7 Å². The maximum absolute atomic E-state index is 13.6. The van der Waals surface area contributed by atoms with E-state index in [1.54, 1.807) is 18.2 Å². The molecule has 25 heavy (non-hydrogen) atoms. The molecule has 132 valence electrons. The summed E-state index contributed by atoms with van der Waals surface area (Å²) in [5.74, 6) is 0.0664. The highest BCUT2D eigenvalue weighted by atomic mass is 19.1. The number of carbonyl (C=O) groups excluding carboxylic acids is 1. The summed E-state index contributed by atoms with van der Waals surface area (Å²) < 4.78 is 13.6. The molecule has 0 atom stereocenters. The SMILES string of the molecule is O=C(NC1CCCCCC1)c1cnc(NCc2ccccc2F)cn1. The van der Waals surface area contributed by atoms with Gasteiger partial charge < -0.3 is 10.6 Å². The minimum absolute atomic E-state index is 0.181. The Bertz CT molecular complexity index is 697. The average Bonchev–Trinajstić information content (AvgIpc) is 2.90. The van der Waals surface area contributed by atoms with Crippen molar-refractivity contribution in [3.8, 4) is 0 Å². The van der Waals surface area contributed by atoms with Crippen LogP contribution in [0.5, 0.6) is 0 Å². The number of aromatic nitrogens is 2. The quantitative estimate of drug-likeness (QED) is 0.814. The number of halogens is 1. The molecule has 0 saturated heterocycles. The predicted octanol–water partition coefficient (Wildman–Crippen LogP) is 3.68. The van der Waals surface area contributed by atoms with Crippen LogP contribution in [0.4, 0.5) is 10.2 Å². The van der Waals surface area contributed by atoms with Crippen molar-refractivity contribution in [2.75, 3.05) is 5.32 Å². The van der Waals surface area contributed by atoms with E-state index >= 15 is 0 Å². The number of nitrogens with zero attached hydrogens (tertiary/aromatic N) is 2. The van der Waals surface area contributed by atoms with Gasteiger partial charge in [-0.1, -0.05) is 43.9 Å². The highest BCUT2D eigenvalue weighted by Crippen LogP contribution is 2.17. The Morgan fingerprint density at radius 3 is 2.52 bits per heavy atom. The number of carbonyl (C=O) groups is 1. The Balaban J connectivity index is 1.54. The molecule has 1 aromatic carbocycles. The molecule has 1 heterocycles. The highest BCUT2D eigenvalue weighted by molar-refractivity contribution is 5.92. The summed E-state index contributed by atoms with van der Waals surface area (Å²) in [5, 5.41) is 6.06. The summed E-state index contributed by atoms with van der Waals surface area (Å²) >= 11 is 0. The molecule has 1 saturated carbocycles. The minimum atomic E-state index is -0.262. The molecule has 5 nitrogen and oxygen atoms in total. The van der Waals surface area contributed by atoms with Gasteiger partial charge in [-0.05, 0) is 18.9 Å². The van der Waals surface area contributed by atoms with Crippen LogP contribution in [-0.4, -0.2) is 21.9 Å². The van der Waals surface area contributed by atoms with Crippen LogP contribution < -0.4 is 10.6 Å². The fourth-order valence-corrected chi connectivity index (χ4v) is 3.05. The number of nitrogens with one attached hydrogen (secondary N) is 2. The predicted molar refractivity (Wildman–Crippen MR) is 94.7 cm³/mol. The van der Waals surface area contributed by atoms with Crippen molar-refractivity contribution in [2.24, 2.45) is 0 Å². The number of hydrogen-bond donors (Lipinski definition) is 2. The Morgan fingerprint density at radius 2 is 1.84 bits per heavy atom. The molecule has 0 bridgehead atoms. The van der Waals surface area contributed by atoms with Crippen molar-refractivity contribution in [1.29, 1.82) is 0 Å². The molecule has 0 aliphatic heterocycles. The summed E-state index contributed by atoms with van der Waals surface area (Å²) in [7, 11) is 0. The van der Waals surface area contributed by atoms with Gasteiger partial charge in [0.2, 0.25) is 0 Å². The molecule has 1 fully saturated rings. The lowest BCUT2D eigenvalue weighted by Gasteiger charge is -2.15. The number of anilines is 1. The molecule has 1 aliphatic carbocycles. The number of hydrogen-bond acceptors (Lipinski definition) is 4. The fourth-order valence-electron chi connectivity index (χ4n) is 3.05. The molecule has 2 aromatic rings. The van der Waals surface area contributed by atoms with E-state index < -0.39 is 0 Å². The molecule has 2 N–H and O–H groups in total. The molecule has 0 spiro atoms. The Kier molecular flexibility index (Phi) is 5.93. The average molecular weight is 342 g/mol. The van der Waals surface area contributed by atoms with Gasteiger partial charge in [0, 0.05) is 18.2 Å². The van der Waals surface area contributed by atoms with Gasteiger partial charge in [0.15, 0.2) is 0 Å². The van der Waals surface area contributed by atoms with E-state index in [2.05, 4.69) is 20.6 Å². The van der Waals surface area contributed by atoms with Gasteiger partial charge in [-0.2, -0.15) is 0 Å². The maximum Gasteiger partial charge on any atom is 0.271 e. The lowest BCUT2D eigenvalue weighted by atomic mass is 10.1. The Morgan fingerprint density at radius 1 is 1.08 bits per heavy atom. The first kappa shape index (κ1) is 17.3. The van der Waals surface area contributed by atoms with Gasteiger partial charge in [-0.15, -0.1) is 0 Å². The maximum atomic E-state index is 13.6. The summed E-state index contributed by atoms with van der Waals surface area (Å²) in [6, 6.07) is 6.80. The van der Waals surface area contributed by atoms with Crippen molar-refractivity contribution in [3.05, 3.63) is 53.7 Å². The van der Waals surface area contributed by atoms with Crippen LogP contribution in [0.3, 0.4) is 0 Å². The second-order valence-electron chi connectivity index (χ2n) is 6.39. The number of benzene rings is 1. The van der Waals surface area contributed by atoms with Crippen molar-refractivity contribution in [2.45, 2.75) is 51.1 Å². The molecule has 0 radical (unpaired) electrons. The van der Waals surface area contributed by atoms with Gasteiger partial charge in [0.05, 0.1) is 12.4 Å². The van der Waals surface area contributed by atoms with Gasteiger partial charge in [0.25, 0.3) is 5.91 Å². The zero-order valence-electron chi connectivity index (χ0n) is 14.2. The molecular weight excluding hydrogens is 319 g/mol. The summed E-state index contributed by atoms with van der Waals surface area (Å²) in [5.41, 5.74) is 0.861. The van der Waals surface area contributed by atoms with Crippen molar-refractivity contribution < 1.29 is 9.18 Å². The van der Waals surface area contributed by atoms with Gasteiger partial charge in [0.1, 0.15) is 17.3 Å². The topological polar surface area (TPSA) is 66.9 Å². The summed E-state index contributed by atoms with van der Waals surface area (Å²) in [4.78, 5) is 20.6. The first-order valence-electron chi connectivity index (χ1n) is 8.82. The Labute approximate surface area is 147 Å². The molecule has 3 rings (SSSR count). The van der Waals surface area contributed by atoms with E-state index in [0.717, 1.165) is 25.7 Å². The second kappa shape index (κ2) is 8.55. The number of amides is 1. The van der Waals surface area contributed by atoms with Crippen LogP contribution in [0.2, 0.25) is 0 Å². The third-order valence-corrected chi connectivity index (χ3v) is 4.49. The van der Waals surface area contributed by atoms with Crippen LogP contribution in [-0.2, 0) is 6.54 Å². The van der Waals surface area contributed by atoms with E-state index in [1.807, 2.05) is 0 Å². The van der Waals surface area contributed by atoms with Gasteiger partial charge in [-0.3, -0.25) is 4.79 Å². The molecule has 1 aromatic heterocycles. The number of rotatable bonds is 5. The summed E-state index contributed by atoms with van der Waals surface area (Å²) in [6.45, 7) is 0.314. The van der Waals surface area contributed by atoms with Crippen molar-refractivity contribution in [3.63, 3.8) is 0 Å². The van der Waals surface area contributed by atoms with Crippen LogP contribution >= 0.6 is 0 Å². The highest BCUT2D eigenvalue weighted by Gasteiger charge is 2.16. The zero-order chi connectivity index (χ0) is 17.5. The normalized spacial score (nSPS) is 15.4. The van der Waals surface area contributed by atoms with E-state index in [1.165, 1.54) is 31.3 Å². The van der Waals surface area contributed by atoms with E-state index in [4.69, 9.17) is 0 Å². The third kappa shape index (κ3) is 4.98. The van der Waals surface area contributed by atoms with Crippen molar-refractivity contribution in [1.82, 2.24) is 15.3 Å². The fraction of sp³-hybridized carbons (Fsp3) is 0.421. The van der Waals surface area contributed by atoms with E-state index in [0.29, 0.717) is 23.6 Å². The van der Waals surface area contributed by atoms with Crippen LogP contribution in [0.25, 0.3) is 0 Å². The van der Waals surface area contributed by atoms with Crippen LogP contribution in [0.1, 0.15) is 54.6 Å². The molecule has 0 unspecified atom stereocenters. The smallest absolute Gasteiger partial charge is 0.271 e. The first-order valence-corrected chi connectivity index (χ1v) is 8.82. The molecule has 1 amide bonds. The lowest BCUT2D eigenvalue weighted by molar-refractivity contribution is 0.0928. The molecular formula is C19H23FN4O. The largest absolute Gasteiger partial charge is 0.365 e. The molecule has 6 heteroatoms. The van der Waals surface area contributed by atoms with E-state index in [-0.39, 0.29) is 17.8 Å². The second-order valence-corrected chi connectivity index (χ2v) is 6.39. The van der Waals surface area contributed by atoms with E-state index in [9.17, 15) is 9.18 Å². The first-order chi connectivity index (χ1) is 12.2. The monoisotopic (exact) mass is 342 g/mol. The Hall–Kier alpha value is -2.50. The lowest BCUT2D eigenvalue weighted by Crippen LogP contribution is -2.34. The minimum Gasteiger partial charge on any atom is -0.365 e. The molecule has 1 aliphatic rings. The van der Waals surface area contributed by atoms with Crippen molar-refractivity contribution >= 4 is 11.7 Å². The van der Waals surface area contributed by atoms with Gasteiger partial charge in [-0.25, -0.2) is 14.4 Å².